The van der Waals surface area contributed by atoms with E-state index in [-0.39, 0.29) is 27.7 Å². The maximum absolute atomic E-state index is 10.9. The molecular formula is C100H106BrCl3ILiN4O9P2. The number of hydrogen-bond acceptors (Lipinski definition) is 13. The standard InChI is InChI=1S/C22H21NO2.C21H19NO3.C20H19NO2.C19H18BrP.C7H7IO.C6H7N.C4H9.CH4.Cl3OP.Li.H2/c1-4-17-5-7-18(8-6-17)23(19-9-13-21(24-2)14-10-19)20-11-15-22(25-3)16-12-20;1-24-20-11-7-18(8-12-20)22(17-5-3-16(15-23)4-6-17)19-9-13-21(25-2)14-10-19;1-22-19-12-8-17(9-13-19)21(16-6-4-3-5-7-16)18-10-14-20(23-2)15-11-18;1-21(20,17-11-5-2-6-12-17,18-13-7-3-8-14-18)19-15-9-4-10-16-19;1-9-7-4-2-6(8)3-5-7;7-6-4-2-1-3-5-6;1-3-4-2;;1-5(2,3)4;;/h4-16H,1H2,2-3H3;3-15H,1-2H3;3-15H,1-2H3;2-16H,1H3;2-5H,1H3;1-5H,7H2;1,3-4H2,2H3;1H4;;;1H/q;;;;;;-1;;;+1;/i;;;;;;;;;;1+1. The van der Waals surface area contributed by atoms with Gasteiger partial charge in [0.05, 0.1) is 49.8 Å². The van der Waals surface area contributed by atoms with Gasteiger partial charge in [-0.15, -0.1) is 0 Å². The van der Waals surface area contributed by atoms with E-state index in [1.165, 1.54) is 25.9 Å². The fourth-order valence-corrected chi connectivity index (χ4v) is 17.6. The number of anilines is 10. The normalized spacial score (nSPS) is 10.4. The maximum Gasteiger partial charge on any atom is 1.00 e. The number of unbranched alkanes of at least 4 members (excludes halogenated alkanes) is 1. The Kier molecular flexibility index (Phi) is 44.7. The molecule has 0 aliphatic heterocycles. The van der Waals surface area contributed by atoms with Gasteiger partial charge in [0.1, 0.15) is 46.5 Å². The van der Waals surface area contributed by atoms with Crippen LogP contribution in [0.5, 0.6) is 40.2 Å². The third-order valence-corrected chi connectivity index (χ3v) is 27.0. The summed E-state index contributed by atoms with van der Waals surface area (Å²) in [7, 11) is 11.7. The number of nitrogens with two attached hydrogens (primary N) is 1. The number of rotatable bonds is 22. The van der Waals surface area contributed by atoms with Crippen LogP contribution in [0.1, 0.15) is 44.5 Å². The first kappa shape index (κ1) is 101. The van der Waals surface area contributed by atoms with Crippen molar-refractivity contribution in [2.75, 3.05) is 76.9 Å². The van der Waals surface area contributed by atoms with Crippen LogP contribution in [-0.4, -0.2) is 62.7 Å². The molecule has 0 unspecified atom stereocenters. The van der Waals surface area contributed by atoms with E-state index in [1.54, 1.807) is 49.8 Å². The van der Waals surface area contributed by atoms with Crippen LogP contribution in [0.15, 0.2) is 377 Å². The van der Waals surface area contributed by atoms with Crippen LogP contribution in [0.2, 0.25) is 0 Å². The van der Waals surface area contributed by atoms with Gasteiger partial charge in [-0.25, -0.2) is 0 Å². The molecule has 0 radical (unpaired) electrons. The molecule has 0 aromatic heterocycles. The van der Waals surface area contributed by atoms with Crippen LogP contribution in [0.25, 0.3) is 6.08 Å². The topological polar surface area (TPSA) is 134 Å². The Morgan fingerprint density at radius 3 is 0.744 bits per heavy atom. The summed E-state index contributed by atoms with van der Waals surface area (Å²) in [4.78, 5) is 17.4. The Morgan fingerprint density at radius 2 is 0.562 bits per heavy atom. The molecule has 0 heterocycles. The maximum atomic E-state index is 10.9. The zero-order chi connectivity index (χ0) is 85.9. The number of nitrogens with zero attached hydrogens (tertiary/aromatic N) is 3. The second-order valence-electron chi connectivity index (χ2n) is 25.8. The van der Waals surface area contributed by atoms with Gasteiger partial charge in [0.25, 0.3) is 0 Å². The summed E-state index contributed by atoms with van der Waals surface area (Å²) >= 11 is 20.4. The zero-order valence-corrected chi connectivity index (χ0v) is 76.9. The predicted octanol–water partition coefficient (Wildman–Crippen LogP) is 26.3. The summed E-state index contributed by atoms with van der Waals surface area (Å²) < 4.78 is 47.3. The molecule has 626 valence electrons. The molecule has 0 saturated heterocycles. The van der Waals surface area contributed by atoms with Gasteiger partial charge >= 0.3 is 158 Å². The fourth-order valence-electron chi connectivity index (χ4n) is 11.6. The van der Waals surface area contributed by atoms with Gasteiger partial charge in [0.2, 0.25) is 0 Å². The molecule has 0 atom stereocenters. The number of carbonyl (C=O) groups excluding carboxylic acids is 1. The number of para-hydroxylation sites is 2. The number of aldehydes is 1. The minimum absolute atomic E-state index is 0. The summed E-state index contributed by atoms with van der Waals surface area (Å²) in [5, 5.41) is -1.74. The SMILES string of the molecule is C.C=Cc1ccc(N(c2ccc(OC)cc2)c2ccc(OC)cc2)cc1.COc1ccc(I)cc1.COc1ccc(N(c2ccc(C=O)cc2)c2ccc(OC)cc2)cc1.COc1ccc(N(c2ccccc2)c2ccc(OC)cc2)cc1.CP(Br)(c1ccccc1)(c1ccccc1)c1ccccc1.Nc1ccccc1.O=P(Cl)(Cl)Cl.[2HH].[CH2-]CCC.[Li+]. The number of methoxy groups -OCH3 is 7. The Bertz CT molecular complexity index is 4860. The number of benzene rings is 14. The summed E-state index contributed by atoms with van der Waals surface area (Å²) in [6.07, 6.45) is 4.96. The summed E-state index contributed by atoms with van der Waals surface area (Å²) in [5.74, 6) is 5.87. The second-order valence-corrected chi connectivity index (χ2v) is 43.4. The molecule has 14 rings (SSSR count). The Labute approximate surface area is 766 Å². The Morgan fingerprint density at radius 1 is 0.380 bits per heavy atom. The van der Waals surface area contributed by atoms with E-state index >= 15 is 0 Å². The van der Waals surface area contributed by atoms with Gasteiger partial charge in [-0.2, -0.15) is 6.42 Å². The minimum Gasteiger partial charge on any atom is -0.399 e. The fraction of sp³-hybridized carbons (Fsp3) is 0.120. The van der Waals surface area contributed by atoms with Crippen LogP contribution in [0.3, 0.4) is 0 Å². The quantitative estimate of drug-likeness (QED) is 0.0172. The van der Waals surface area contributed by atoms with E-state index < -0.39 is 10.5 Å². The second kappa shape index (κ2) is 53.4. The van der Waals surface area contributed by atoms with Crippen molar-refractivity contribution in [1.29, 1.82) is 0 Å². The van der Waals surface area contributed by atoms with E-state index in [4.69, 9.17) is 38.9 Å². The third kappa shape index (κ3) is 32.2. The van der Waals surface area contributed by atoms with Crippen molar-refractivity contribution in [2.45, 2.75) is 27.2 Å². The summed E-state index contributed by atoms with van der Waals surface area (Å²) in [6.45, 7) is 11.9. The molecule has 13 nitrogen and oxygen atoms in total. The van der Waals surface area contributed by atoms with Crippen LogP contribution in [0.4, 0.5) is 56.9 Å². The minimum atomic E-state index is -3.22. The van der Waals surface area contributed by atoms with E-state index in [0.717, 1.165) is 115 Å². The first-order chi connectivity index (χ1) is 57.6. The summed E-state index contributed by atoms with van der Waals surface area (Å²) in [5.41, 5.74) is 17.3. The molecule has 121 heavy (non-hydrogen) atoms. The largest absolute Gasteiger partial charge is 1.00 e. The number of carbonyl (C=O) groups is 1. The average Bonchev–Trinajstić information content (AvgIpc) is 0.718. The first-order valence-corrected chi connectivity index (χ1v) is 47.8. The van der Waals surface area contributed by atoms with Crippen molar-refractivity contribution in [3.8, 4) is 40.2 Å². The van der Waals surface area contributed by atoms with Gasteiger partial charge in [0.15, 0.2) is 0 Å². The zero-order valence-electron chi connectivity index (χ0n) is 69.1. The average molecular weight is 1890 g/mol. The van der Waals surface area contributed by atoms with Gasteiger partial charge in [-0.1, -0.05) is 82.0 Å². The Balaban J connectivity index is 0.000000309. The molecule has 14 aromatic rings. The Hall–Kier alpha value is -10.4. The molecule has 0 aliphatic rings. The number of hydrogen-bond donors (Lipinski definition) is 1. The van der Waals surface area contributed by atoms with Crippen molar-refractivity contribution < 1.29 is 62.8 Å². The van der Waals surface area contributed by atoms with Gasteiger partial charge in [0, 0.05) is 67.4 Å². The van der Waals surface area contributed by atoms with Gasteiger partial charge < -0.3 is 60.5 Å². The molecule has 0 amide bonds. The monoisotopic (exact) mass is 1890 g/mol. The van der Waals surface area contributed by atoms with Crippen molar-refractivity contribution in [3.05, 3.63) is 398 Å². The molecule has 2 N–H and O–H groups in total. The van der Waals surface area contributed by atoms with E-state index in [1.807, 2.05) is 224 Å². The molecule has 0 saturated carbocycles. The van der Waals surface area contributed by atoms with E-state index in [0.29, 0.717) is 5.56 Å². The van der Waals surface area contributed by atoms with Gasteiger partial charge in [-0.3, -0.25) is 9.36 Å². The predicted molar refractivity (Wildman–Crippen MR) is 529 cm³/mol. The van der Waals surface area contributed by atoms with Crippen molar-refractivity contribution in [1.82, 2.24) is 0 Å². The van der Waals surface area contributed by atoms with E-state index in [2.05, 4.69) is 265 Å². The van der Waals surface area contributed by atoms with Crippen molar-refractivity contribution in [2.24, 2.45) is 0 Å². The van der Waals surface area contributed by atoms with E-state index in [9.17, 15) is 9.36 Å². The van der Waals surface area contributed by atoms with Crippen LogP contribution >= 0.6 is 82.3 Å². The van der Waals surface area contributed by atoms with Crippen LogP contribution in [-0.2, 0) is 4.57 Å². The molecular weight excluding hydrogens is 1780 g/mol. The number of halogens is 5. The van der Waals surface area contributed by atoms with Crippen LogP contribution in [0, 0.1) is 10.5 Å². The number of nitrogen functional groups attached to an aromatic ring is 1. The van der Waals surface area contributed by atoms with Crippen molar-refractivity contribution in [3.63, 3.8) is 0 Å². The van der Waals surface area contributed by atoms with Crippen LogP contribution < -0.4 is 88.4 Å². The molecule has 14 aromatic carbocycles. The smallest absolute Gasteiger partial charge is 0.399 e. The molecule has 0 fully saturated rings. The molecule has 21 heteroatoms. The molecule has 0 spiro atoms. The van der Waals surface area contributed by atoms with Gasteiger partial charge in [-0.05, 0) is 292 Å². The number of ether oxygens (including phenoxy) is 7. The molecule has 0 bridgehead atoms. The molecule has 0 aliphatic carbocycles. The summed E-state index contributed by atoms with van der Waals surface area (Å²) in [6, 6.07) is 124. The first-order valence-electron chi connectivity index (χ1n) is 37.6. The van der Waals surface area contributed by atoms with Crippen molar-refractivity contribution >= 4 is 167 Å². The third-order valence-electron chi connectivity index (χ3n) is 18.0.